The SMILES string of the molecule is N#Cc1c(Cl)cccc1N1C(=O)C2(CCNCC2)c2ccccc21. The summed E-state index contributed by atoms with van der Waals surface area (Å²) in [7, 11) is 0. The number of nitriles is 1. The molecule has 1 amide bonds. The molecule has 4 rings (SSSR count). The van der Waals surface area contributed by atoms with Crippen LogP contribution in [0.2, 0.25) is 5.02 Å². The Bertz CT molecular complexity index is 865. The Kier molecular flexibility index (Phi) is 3.56. The lowest BCUT2D eigenvalue weighted by Crippen LogP contribution is -2.46. The molecule has 0 saturated carbocycles. The van der Waals surface area contributed by atoms with Gasteiger partial charge in [-0.15, -0.1) is 0 Å². The second-order valence-electron chi connectivity index (χ2n) is 6.24. The Morgan fingerprint density at radius 3 is 2.54 bits per heavy atom. The molecule has 120 valence electrons. The summed E-state index contributed by atoms with van der Waals surface area (Å²) in [6.45, 7) is 1.63. The van der Waals surface area contributed by atoms with Crippen molar-refractivity contribution in [2.75, 3.05) is 18.0 Å². The predicted molar refractivity (Wildman–Crippen MR) is 93.5 cm³/mol. The van der Waals surface area contributed by atoms with Gasteiger partial charge in [-0.3, -0.25) is 9.69 Å². The number of anilines is 2. The first kappa shape index (κ1) is 15.2. The number of nitrogens with zero attached hydrogens (tertiary/aromatic N) is 2. The van der Waals surface area contributed by atoms with Gasteiger partial charge >= 0.3 is 0 Å². The van der Waals surface area contributed by atoms with Crippen LogP contribution >= 0.6 is 11.6 Å². The van der Waals surface area contributed by atoms with E-state index < -0.39 is 5.41 Å². The van der Waals surface area contributed by atoms with Crippen LogP contribution in [0, 0.1) is 11.3 Å². The summed E-state index contributed by atoms with van der Waals surface area (Å²) >= 11 is 6.19. The fourth-order valence-electron chi connectivity index (χ4n) is 3.90. The van der Waals surface area contributed by atoms with Crippen molar-refractivity contribution >= 4 is 28.9 Å². The van der Waals surface area contributed by atoms with Crippen LogP contribution in [0.15, 0.2) is 42.5 Å². The summed E-state index contributed by atoms with van der Waals surface area (Å²) in [4.78, 5) is 15.2. The van der Waals surface area contributed by atoms with Crippen LogP contribution in [0.3, 0.4) is 0 Å². The second kappa shape index (κ2) is 5.62. The van der Waals surface area contributed by atoms with Crippen molar-refractivity contribution in [3.05, 3.63) is 58.6 Å². The van der Waals surface area contributed by atoms with Gasteiger partial charge in [0.25, 0.3) is 0 Å². The Hall–Kier alpha value is -2.35. The molecule has 1 saturated heterocycles. The lowest BCUT2D eigenvalue weighted by Gasteiger charge is -2.33. The van der Waals surface area contributed by atoms with E-state index in [0.29, 0.717) is 16.3 Å². The monoisotopic (exact) mass is 337 g/mol. The summed E-state index contributed by atoms with van der Waals surface area (Å²) in [5, 5.41) is 13.2. The Labute approximate surface area is 145 Å². The molecule has 24 heavy (non-hydrogen) atoms. The van der Waals surface area contributed by atoms with Crippen molar-refractivity contribution in [2.24, 2.45) is 0 Å². The average Bonchev–Trinajstić information content (AvgIpc) is 2.84. The Balaban J connectivity index is 1.94. The number of carbonyl (C=O) groups excluding carboxylic acids is 1. The zero-order valence-electron chi connectivity index (χ0n) is 13.1. The van der Waals surface area contributed by atoms with Crippen LogP contribution < -0.4 is 10.2 Å². The molecule has 0 atom stereocenters. The average molecular weight is 338 g/mol. The molecule has 0 radical (unpaired) electrons. The lowest BCUT2D eigenvalue weighted by molar-refractivity contribution is -0.123. The van der Waals surface area contributed by atoms with E-state index >= 15 is 0 Å². The van der Waals surface area contributed by atoms with E-state index in [-0.39, 0.29) is 5.91 Å². The highest BCUT2D eigenvalue weighted by atomic mass is 35.5. The van der Waals surface area contributed by atoms with Gasteiger partial charge in [0, 0.05) is 0 Å². The summed E-state index contributed by atoms with van der Waals surface area (Å²) in [6, 6.07) is 15.3. The highest BCUT2D eigenvalue weighted by molar-refractivity contribution is 6.32. The summed E-state index contributed by atoms with van der Waals surface area (Å²) in [5.74, 6) is 0.0453. The third kappa shape index (κ3) is 1.99. The van der Waals surface area contributed by atoms with Crippen molar-refractivity contribution in [1.82, 2.24) is 5.32 Å². The molecule has 2 heterocycles. The quantitative estimate of drug-likeness (QED) is 0.866. The molecule has 1 N–H and O–H groups in total. The van der Waals surface area contributed by atoms with Gasteiger partial charge in [0.1, 0.15) is 6.07 Å². The van der Waals surface area contributed by atoms with Crippen LogP contribution in [0.4, 0.5) is 11.4 Å². The number of amides is 1. The normalized spacial score (nSPS) is 18.5. The van der Waals surface area contributed by atoms with E-state index in [4.69, 9.17) is 11.6 Å². The van der Waals surface area contributed by atoms with Gasteiger partial charge in [-0.1, -0.05) is 35.9 Å². The van der Waals surface area contributed by atoms with Crippen molar-refractivity contribution < 1.29 is 4.79 Å². The number of piperidine rings is 1. The van der Waals surface area contributed by atoms with Gasteiger partial charge in [0.15, 0.2) is 0 Å². The van der Waals surface area contributed by atoms with Crippen molar-refractivity contribution in [2.45, 2.75) is 18.3 Å². The number of fused-ring (bicyclic) bond motifs is 2. The number of hydrogen-bond donors (Lipinski definition) is 1. The van der Waals surface area contributed by atoms with Crippen molar-refractivity contribution in [1.29, 1.82) is 5.26 Å². The predicted octanol–water partition coefficient (Wildman–Crippen LogP) is 3.51. The lowest BCUT2D eigenvalue weighted by atomic mass is 9.74. The van der Waals surface area contributed by atoms with E-state index in [1.165, 1.54) is 0 Å². The molecule has 2 aliphatic heterocycles. The number of halogens is 1. The molecule has 1 fully saturated rings. The molecular formula is C19H16ClN3O. The maximum absolute atomic E-state index is 13.5. The standard InChI is InChI=1S/C19H16ClN3O/c20-15-5-3-7-16(13(15)12-21)23-17-6-2-1-4-14(17)19(18(23)24)8-10-22-11-9-19/h1-7,22H,8-11H2. The minimum atomic E-state index is -0.503. The zero-order valence-corrected chi connectivity index (χ0v) is 13.8. The largest absolute Gasteiger partial charge is 0.317 e. The fraction of sp³-hybridized carbons (Fsp3) is 0.263. The highest BCUT2D eigenvalue weighted by Gasteiger charge is 2.51. The highest BCUT2D eigenvalue weighted by Crippen LogP contribution is 2.50. The number of carbonyl (C=O) groups is 1. The fourth-order valence-corrected chi connectivity index (χ4v) is 4.11. The third-order valence-electron chi connectivity index (χ3n) is 5.07. The minimum absolute atomic E-state index is 0.0453. The maximum Gasteiger partial charge on any atom is 0.242 e. The number of nitrogens with one attached hydrogen (secondary N) is 1. The Morgan fingerprint density at radius 2 is 1.79 bits per heavy atom. The number of benzene rings is 2. The van der Waals surface area contributed by atoms with E-state index in [2.05, 4.69) is 11.4 Å². The molecule has 1 spiro atoms. The number of hydrogen-bond acceptors (Lipinski definition) is 3. The van der Waals surface area contributed by atoms with E-state index in [1.54, 1.807) is 23.1 Å². The Morgan fingerprint density at radius 1 is 1.08 bits per heavy atom. The molecule has 5 heteroatoms. The maximum atomic E-state index is 13.5. The van der Waals surface area contributed by atoms with Gasteiger partial charge in [0.05, 0.1) is 27.4 Å². The van der Waals surface area contributed by atoms with E-state index in [1.807, 2.05) is 24.3 Å². The molecule has 0 aliphatic carbocycles. The van der Waals surface area contributed by atoms with Crippen molar-refractivity contribution in [3.8, 4) is 6.07 Å². The number of rotatable bonds is 1. The smallest absolute Gasteiger partial charge is 0.242 e. The van der Waals surface area contributed by atoms with Crippen LogP contribution in [0.25, 0.3) is 0 Å². The molecule has 2 aliphatic rings. The molecule has 0 unspecified atom stereocenters. The van der Waals surface area contributed by atoms with Gasteiger partial charge in [-0.25, -0.2) is 0 Å². The number of para-hydroxylation sites is 1. The van der Waals surface area contributed by atoms with Gasteiger partial charge < -0.3 is 5.32 Å². The van der Waals surface area contributed by atoms with Crippen LogP contribution in [-0.4, -0.2) is 19.0 Å². The van der Waals surface area contributed by atoms with Gasteiger partial charge in [-0.05, 0) is 49.7 Å². The first-order valence-electron chi connectivity index (χ1n) is 8.02. The molecule has 0 bridgehead atoms. The molecule has 2 aromatic carbocycles. The molecule has 2 aromatic rings. The van der Waals surface area contributed by atoms with Gasteiger partial charge in [0.2, 0.25) is 5.91 Å². The van der Waals surface area contributed by atoms with Crippen LogP contribution in [0.5, 0.6) is 0 Å². The summed E-state index contributed by atoms with van der Waals surface area (Å²) in [6.07, 6.45) is 1.53. The first-order valence-corrected chi connectivity index (χ1v) is 8.40. The van der Waals surface area contributed by atoms with Gasteiger partial charge in [-0.2, -0.15) is 5.26 Å². The third-order valence-corrected chi connectivity index (χ3v) is 5.39. The van der Waals surface area contributed by atoms with Crippen LogP contribution in [-0.2, 0) is 10.2 Å². The van der Waals surface area contributed by atoms with Crippen LogP contribution in [0.1, 0.15) is 24.0 Å². The van der Waals surface area contributed by atoms with Crippen molar-refractivity contribution in [3.63, 3.8) is 0 Å². The topological polar surface area (TPSA) is 56.1 Å². The van der Waals surface area contributed by atoms with E-state index in [9.17, 15) is 10.1 Å². The summed E-state index contributed by atoms with van der Waals surface area (Å²) < 4.78 is 0. The first-order chi connectivity index (χ1) is 11.7. The minimum Gasteiger partial charge on any atom is -0.317 e. The molecule has 0 aromatic heterocycles. The van der Waals surface area contributed by atoms with E-state index in [0.717, 1.165) is 37.2 Å². The molecular weight excluding hydrogens is 322 g/mol. The zero-order chi connectivity index (χ0) is 16.7. The summed E-state index contributed by atoms with van der Waals surface area (Å²) in [5.41, 5.74) is 2.33. The molecule has 4 nitrogen and oxygen atoms in total. The second-order valence-corrected chi connectivity index (χ2v) is 6.64.